The first-order chi connectivity index (χ1) is 7.60. The van der Waals surface area contributed by atoms with Gasteiger partial charge in [-0.25, -0.2) is 0 Å². The van der Waals surface area contributed by atoms with Crippen molar-refractivity contribution >= 4 is 28.4 Å². The molecule has 0 aromatic carbocycles. The number of ether oxygens (including phenoxy) is 3. The lowest BCUT2D eigenvalue weighted by atomic mass is 10.3. The van der Waals surface area contributed by atoms with Crippen molar-refractivity contribution in [3.8, 4) is 0 Å². The van der Waals surface area contributed by atoms with Crippen LogP contribution >= 0.6 is 24.0 Å². The number of thioether (sulfide) groups is 1. The smallest absolute Gasteiger partial charge is 0.219 e. The number of hydrogen-bond acceptors (Lipinski definition) is 5. The highest BCUT2D eigenvalue weighted by atomic mass is 32.2. The van der Waals surface area contributed by atoms with E-state index in [1.165, 1.54) is 0 Å². The van der Waals surface area contributed by atoms with Crippen LogP contribution in [-0.4, -0.2) is 43.2 Å². The lowest BCUT2D eigenvalue weighted by Crippen LogP contribution is -2.11. The summed E-state index contributed by atoms with van der Waals surface area (Å²) >= 11 is 6.66. The summed E-state index contributed by atoms with van der Waals surface area (Å²) < 4.78 is 16.3. The zero-order chi connectivity index (χ0) is 12.4. The molecule has 16 heavy (non-hydrogen) atoms. The van der Waals surface area contributed by atoms with E-state index in [4.69, 9.17) is 26.4 Å². The van der Waals surface area contributed by atoms with Gasteiger partial charge in [-0.2, -0.15) is 0 Å². The molecule has 0 fully saturated rings. The maximum atomic E-state index is 5.40. The Morgan fingerprint density at radius 3 is 2.25 bits per heavy atom. The second-order valence-corrected chi connectivity index (χ2v) is 5.31. The summed E-state index contributed by atoms with van der Waals surface area (Å²) in [7, 11) is 3.42. The molecule has 0 bridgehead atoms. The molecule has 3 nitrogen and oxygen atoms in total. The van der Waals surface area contributed by atoms with Crippen LogP contribution in [0.4, 0.5) is 0 Å². The van der Waals surface area contributed by atoms with Crippen LogP contribution in [0.2, 0.25) is 0 Å². The van der Waals surface area contributed by atoms with E-state index < -0.39 is 0 Å². The molecule has 0 spiro atoms. The summed E-state index contributed by atoms with van der Waals surface area (Å²) in [6.07, 6.45) is 2.36. The number of hydrogen-bond donors (Lipinski definition) is 0. The second kappa shape index (κ2) is 10.3. The van der Waals surface area contributed by atoms with Gasteiger partial charge in [-0.15, -0.1) is 0 Å². The van der Waals surface area contributed by atoms with Crippen LogP contribution in [0, 0.1) is 0 Å². The molecule has 0 saturated carbocycles. The van der Waals surface area contributed by atoms with Crippen molar-refractivity contribution in [3.63, 3.8) is 0 Å². The van der Waals surface area contributed by atoms with E-state index in [2.05, 4.69) is 0 Å². The van der Waals surface area contributed by atoms with Crippen LogP contribution < -0.4 is 0 Å². The third kappa shape index (κ3) is 9.39. The van der Waals surface area contributed by atoms with E-state index in [1.54, 1.807) is 26.0 Å². The number of methoxy groups -OCH3 is 2. The van der Waals surface area contributed by atoms with Crippen molar-refractivity contribution in [2.24, 2.45) is 0 Å². The lowest BCUT2D eigenvalue weighted by molar-refractivity contribution is 0.0950. The molecule has 0 saturated heterocycles. The van der Waals surface area contributed by atoms with Crippen LogP contribution in [0.1, 0.15) is 26.7 Å². The highest BCUT2D eigenvalue weighted by Gasteiger charge is 2.04. The Balaban J connectivity index is 3.38. The zero-order valence-corrected chi connectivity index (χ0v) is 12.2. The van der Waals surface area contributed by atoms with Crippen LogP contribution in [0.15, 0.2) is 0 Å². The molecule has 0 aliphatic heterocycles. The Hall–Kier alpha value is 0.160. The van der Waals surface area contributed by atoms with Gasteiger partial charge in [-0.1, -0.05) is 11.8 Å². The van der Waals surface area contributed by atoms with E-state index in [-0.39, 0.29) is 12.2 Å². The highest BCUT2D eigenvalue weighted by molar-refractivity contribution is 8.22. The molecular formula is C11H22O3S2. The third-order valence-corrected chi connectivity index (χ3v) is 3.56. The van der Waals surface area contributed by atoms with Gasteiger partial charge >= 0.3 is 0 Å². The molecule has 0 N–H and O–H groups in total. The second-order valence-electron chi connectivity index (χ2n) is 3.62. The topological polar surface area (TPSA) is 27.7 Å². The fraction of sp³-hybridized carbons (Fsp3) is 0.909. The Bertz CT molecular complexity index is 170. The van der Waals surface area contributed by atoms with Crippen molar-refractivity contribution in [2.45, 2.75) is 38.9 Å². The first-order valence-electron chi connectivity index (χ1n) is 5.45. The molecule has 2 unspecified atom stereocenters. The molecule has 0 amide bonds. The predicted octanol–water partition coefficient (Wildman–Crippen LogP) is 2.87. The quantitative estimate of drug-likeness (QED) is 0.630. The van der Waals surface area contributed by atoms with Crippen molar-refractivity contribution in [1.82, 2.24) is 0 Å². The Morgan fingerprint density at radius 1 is 1.12 bits per heavy atom. The Kier molecular flexibility index (Phi) is 10.4. The summed E-state index contributed by atoms with van der Waals surface area (Å²) in [4.78, 5) is 0. The standard InChI is InChI=1S/C11H22O3S2/c1-9(12-3)5-7-14-11(15)16-8-6-10(2)13-4/h9-10H,5-8H2,1-4H3. The van der Waals surface area contributed by atoms with Crippen LogP contribution in [0.25, 0.3) is 0 Å². The first kappa shape index (κ1) is 16.2. The minimum absolute atomic E-state index is 0.223. The monoisotopic (exact) mass is 266 g/mol. The van der Waals surface area contributed by atoms with Crippen LogP contribution in [0.3, 0.4) is 0 Å². The van der Waals surface area contributed by atoms with E-state index in [0.29, 0.717) is 11.0 Å². The first-order valence-corrected chi connectivity index (χ1v) is 6.84. The van der Waals surface area contributed by atoms with Crippen molar-refractivity contribution in [2.75, 3.05) is 26.6 Å². The maximum Gasteiger partial charge on any atom is 0.219 e. The minimum Gasteiger partial charge on any atom is -0.478 e. The van der Waals surface area contributed by atoms with Gasteiger partial charge in [-0.05, 0) is 32.5 Å². The van der Waals surface area contributed by atoms with Gasteiger partial charge in [0, 0.05) is 26.4 Å². The summed E-state index contributed by atoms with van der Waals surface area (Å²) in [6, 6.07) is 0. The van der Waals surface area contributed by atoms with E-state index >= 15 is 0 Å². The van der Waals surface area contributed by atoms with Crippen molar-refractivity contribution in [1.29, 1.82) is 0 Å². The number of rotatable bonds is 8. The maximum absolute atomic E-state index is 5.40. The van der Waals surface area contributed by atoms with Gasteiger partial charge in [0.05, 0.1) is 18.8 Å². The third-order valence-electron chi connectivity index (χ3n) is 2.29. The summed E-state index contributed by atoms with van der Waals surface area (Å²) in [5.41, 5.74) is 0. The van der Waals surface area contributed by atoms with Gasteiger partial charge in [-0.3, -0.25) is 0 Å². The summed E-state index contributed by atoms with van der Waals surface area (Å²) in [6.45, 7) is 4.69. The Morgan fingerprint density at radius 2 is 1.69 bits per heavy atom. The molecule has 0 rings (SSSR count). The van der Waals surface area contributed by atoms with Gasteiger partial charge in [0.15, 0.2) is 0 Å². The van der Waals surface area contributed by atoms with Gasteiger partial charge in [0.1, 0.15) is 0 Å². The van der Waals surface area contributed by atoms with E-state index in [1.807, 2.05) is 13.8 Å². The molecule has 2 atom stereocenters. The molecule has 0 heterocycles. The molecule has 0 aromatic rings. The molecule has 0 aliphatic rings. The predicted molar refractivity (Wildman–Crippen MR) is 73.2 cm³/mol. The van der Waals surface area contributed by atoms with Gasteiger partial charge in [0.2, 0.25) is 4.38 Å². The summed E-state index contributed by atoms with van der Waals surface area (Å²) in [5.74, 6) is 0.938. The van der Waals surface area contributed by atoms with E-state index in [0.717, 1.165) is 18.6 Å². The highest BCUT2D eigenvalue weighted by Crippen LogP contribution is 2.11. The molecule has 5 heteroatoms. The van der Waals surface area contributed by atoms with Crippen LogP contribution in [-0.2, 0) is 14.2 Å². The van der Waals surface area contributed by atoms with Gasteiger partial charge < -0.3 is 14.2 Å². The SMILES string of the molecule is COC(C)CCOC(=S)SCCC(C)OC. The lowest BCUT2D eigenvalue weighted by Gasteiger charge is -2.11. The van der Waals surface area contributed by atoms with Gasteiger partial charge in [0.25, 0.3) is 0 Å². The largest absolute Gasteiger partial charge is 0.478 e. The summed E-state index contributed by atoms with van der Waals surface area (Å²) in [5, 5.41) is 0. The molecule has 0 aliphatic carbocycles. The zero-order valence-electron chi connectivity index (χ0n) is 10.5. The van der Waals surface area contributed by atoms with Crippen LogP contribution in [0.5, 0.6) is 0 Å². The average Bonchev–Trinajstić information content (AvgIpc) is 2.28. The normalized spacial score (nSPS) is 14.5. The fourth-order valence-electron chi connectivity index (χ4n) is 0.894. The Labute approximate surface area is 108 Å². The molecular weight excluding hydrogens is 244 g/mol. The minimum atomic E-state index is 0.223. The fourth-order valence-corrected chi connectivity index (χ4v) is 2.01. The molecule has 0 aromatic heterocycles. The number of thiocarbonyl (C=S) groups is 1. The van der Waals surface area contributed by atoms with Crippen molar-refractivity contribution in [3.05, 3.63) is 0 Å². The molecule has 0 radical (unpaired) electrons. The average molecular weight is 266 g/mol. The molecule has 96 valence electrons. The van der Waals surface area contributed by atoms with Crippen molar-refractivity contribution < 1.29 is 14.2 Å². The van der Waals surface area contributed by atoms with E-state index in [9.17, 15) is 0 Å².